The molecule has 0 aromatic rings. The van der Waals surface area contributed by atoms with Crippen molar-refractivity contribution in [1.29, 1.82) is 0 Å². The lowest BCUT2D eigenvalue weighted by atomic mass is 10.0. The molecule has 0 saturated carbocycles. The van der Waals surface area contributed by atoms with Crippen molar-refractivity contribution in [3.63, 3.8) is 0 Å². The minimum absolute atomic E-state index is 0.107. The van der Waals surface area contributed by atoms with Gasteiger partial charge in [-0.1, -0.05) is 342 Å². The summed E-state index contributed by atoms with van der Waals surface area (Å²) < 4.78 is 68.2. The van der Waals surface area contributed by atoms with Crippen LogP contribution in [-0.2, 0) is 65.4 Å². The van der Waals surface area contributed by atoms with Crippen LogP contribution >= 0.6 is 15.6 Å². The summed E-state index contributed by atoms with van der Waals surface area (Å²) in [4.78, 5) is 72.4. The van der Waals surface area contributed by atoms with Gasteiger partial charge in [0, 0.05) is 25.7 Å². The van der Waals surface area contributed by atoms with Gasteiger partial charge in [0.25, 0.3) is 0 Å². The molecular weight excluding hydrogens is 1220 g/mol. The van der Waals surface area contributed by atoms with Crippen molar-refractivity contribution in [3.8, 4) is 0 Å². The summed E-state index contributed by atoms with van der Waals surface area (Å²) in [6.07, 6.45) is 58.8. The molecule has 0 saturated heterocycles. The SMILES string of the molecule is CCCCCCCCCCCCCCCCCCCCCCC(=O)O[C@H](COC(=O)CCCCCCCCCCCCCCCCCCC)COP(=O)(O)OC[C@@H](O)COP(=O)(O)OC[C@@H](COC(=O)CCCCCCC)OC(=O)CCCCCCCCCCCCC. The smallest absolute Gasteiger partial charge is 0.462 e. The first kappa shape index (κ1) is 91.1. The maximum Gasteiger partial charge on any atom is 0.472 e. The molecule has 0 aliphatic heterocycles. The number of carbonyl (C=O) groups excluding carboxylic acids is 4. The number of hydrogen-bond donors (Lipinski definition) is 3. The third-order valence-electron chi connectivity index (χ3n) is 17.4. The highest BCUT2D eigenvalue weighted by Gasteiger charge is 2.30. The van der Waals surface area contributed by atoms with Crippen molar-refractivity contribution in [3.05, 3.63) is 0 Å². The van der Waals surface area contributed by atoms with E-state index in [4.69, 9.17) is 37.0 Å². The summed E-state index contributed by atoms with van der Waals surface area (Å²) in [5.74, 6) is -2.13. The molecule has 93 heavy (non-hydrogen) atoms. The molecule has 0 bridgehead atoms. The number of esters is 4. The quantitative estimate of drug-likeness (QED) is 0.0222. The zero-order chi connectivity index (χ0) is 68.2. The molecule has 0 aliphatic carbocycles. The predicted molar refractivity (Wildman–Crippen MR) is 377 cm³/mol. The van der Waals surface area contributed by atoms with E-state index in [2.05, 4.69) is 27.7 Å². The van der Waals surface area contributed by atoms with Gasteiger partial charge in [-0.25, -0.2) is 9.13 Å². The Hall–Kier alpha value is -1.94. The molecule has 2 unspecified atom stereocenters. The van der Waals surface area contributed by atoms with Gasteiger partial charge in [-0.15, -0.1) is 0 Å². The Morgan fingerprint density at radius 2 is 0.430 bits per heavy atom. The summed E-state index contributed by atoms with van der Waals surface area (Å²) in [7, 11) is -9.89. The van der Waals surface area contributed by atoms with E-state index in [1.165, 1.54) is 218 Å². The van der Waals surface area contributed by atoms with Gasteiger partial charge < -0.3 is 33.8 Å². The van der Waals surface area contributed by atoms with Gasteiger partial charge in [-0.2, -0.15) is 0 Å². The van der Waals surface area contributed by atoms with Crippen LogP contribution in [0.15, 0.2) is 0 Å². The van der Waals surface area contributed by atoms with Crippen LogP contribution in [0, 0.1) is 0 Å². The molecule has 552 valence electrons. The summed E-state index contributed by atoms with van der Waals surface area (Å²) in [5, 5.41) is 10.6. The van der Waals surface area contributed by atoms with Crippen LogP contribution in [0.5, 0.6) is 0 Å². The average molecular weight is 1370 g/mol. The van der Waals surface area contributed by atoms with E-state index < -0.39 is 97.5 Å². The molecular formula is C74H144O17P2. The molecule has 17 nitrogen and oxygen atoms in total. The second kappa shape index (κ2) is 68.6. The second-order valence-electron chi connectivity index (χ2n) is 26.7. The summed E-state index contributed by atoms with van der Waals surface area (Å²) in [5.41, 5.74) is 0. The van der Waals surface area contributed by atoms with E-state index in [0.29, 0.717) is 25.7 Å². The molecule has 0 amide bonds. The van der Waals surface area contributed by atoms with Crippen molar-refractivity contribution in [1.82, 2.24) is 0 Å². The van der Waals surface area contributed by atoms with Crippen LogP contribution in [0.1, 0.15) is 394 Å². The molecule has 5 atom stereocenters. The fraction of sp³-hybridized carbons (Fsp3) is 0.946. The minimum Gasteiger partial charge on any atom is -0.462 e. The summed E-state index contributed by atoms with van der Waals surface area (Å²) in [6.45, 7) is 4.88. The molecule has 0 heterocycles. The van der Waals surface area contributed by atoms with Crippen molar-refractivity contribution >= 4 is 39.5 Å². The van der Waals surface area contributed by atoms with Crippen LogP contribution in [0.25, 0.3) is 0 Å². The molecule has 0 aromatic carbocycles. The lowest BCUT2D eigenvalue weighted by Gasteiger charge is -2.21. The highest BCUT2D eigenvalue weighted by Crippen LogP contribution is 2.45. The molecule has 0 fully saturated rings. The van der Waals surface area contributed by atoms with Crippen LogP contribution in [0.2, 0.25) is 0 Å². The Labute approximate surface area is 568 Å². The Morgan fingerprint density at radius 3 is 0.634 bits per heavy atom. The first-order chi connectivity index (χ1) is 45.2. The fourth-order valence-corrected chi connectivity index (χ4v) is 13.0. The number of phosphoric ester groups is 2. The third-order valence-corrected chi connectivity index (χ3v) is 19.3. The number of hydrogen-bond acceptors (Lipinski definition) is 15. The maximum atomic E-state index is 13.1. The lowest BCUT2D eigenvalue weighted by Crippen LogP contribution is -2.30. The second-order valence-corrected chi connectivity index (χ2v) is 29.6. The van der Waals surface area contributed by atoms with Gasteiger partial charge in [0.1, 0.15) is 19.3 Å². The number of unbranched alkanes of at least 4 members (excludes halogenated alkanes) is 49. The normalized spacial score (nSPS) is 13.9. The predicted octanol–water partition coefficient (Wildman–Crippen LogP) is 21.8. The third kappa shape index (κ3) is 68.4. The number of rotatable bonds is 75. The number of carbonyl (C=O) groups is 4. The number of aliphatic hydroxyl groups is 1. The van der Waals surface area contributed by atoms with Gasteiger partial charge in [-0.3, -0.25) is 37.3 Å². The van der Waals surface area contributed by atoms with Crippen molar-refractivity contribution in [2.75, 3.05) is 39.6 Å². The van der Waals surface area contributed by atoms with E-state index in [-0.39, 0.29) is 25.7 Å². The Morgan fingerprint density at radius 1 is 0.258 bits per heavy atom. The van der Waals surface area contributed by atoms with Gasteiger partial charge in [0.05, 0.1) is 26.4 Å². The first-order valence-electron chi connectivity index (χ1n) is 38.8. The monoisotopic (exact) mass is 1370 g/mol. The van der Waals surface area contributed by atoms with Gasteiger partial charge in [0.15, 0.2) is 12.2 Å². The first-order valence-corrected chi connectivity index (χ1v) is 41.8. The van der Waals surface area contributed by atoms with Gasteiger partial charge in [0.2, 0.25) is 0 Å². The molecule has 0 rings (SSSR count). The molecule has 0 radical (unpaired) electrons. The highest BCUT2D eigenvalue weighted by atomic mass is 31.2. The average Bonchev–Trinajstić information content (AvgIpc) is 3.63. The number of phosphoric acid groups is 2. The van der Waals surface area contributed by atoms with Gasteiger partial charge >= 0.3 is 39.5 Å². The fourth-order valence-electron chi connectivity index (χ4n) is 11.4. The number of aliphatic hydroxyl groups excluding tert-OH is 1. The van der Waals surface area contributed by atoms with Crippen LogP contribution < -0.4 is 0 Å². The van der Waals surface area contributed by atoms with Crippen molar-refractivity contribution in [2.45, 2.75) is 412 Å². The van der Waals surface area contributed by atoms with Gasteiger partial charge in [-0.05, 0) is 25.7 Å². The molecule has 0 aliphatic rings. The zero-order valence-corrected chi connectivity index (χ0v) is 62.0. The van der Waals surface area contributed by atoms with Crippen LogP contribution in [-0.4, -0.2) is 96.7 Å². The Kier molecular flexibility index (Phi) is 67.1. The topological polar surface area (TPSA) is 237 Å². The van der Waals surface area contributed by atoms with Crippen molar-refractivity contribution in [2.24, 2.45) is 0 Å². The standard InChI is InChI=1S/C74H144O17P2/c1-5-9-13-17-20-23-26-28-30-32-33-34-36-38-40-43-46-49-53-57-61-74(79)91-70(65-85-72(77)59-55-51-47-44-42-39-37-35-31-29-27-24-21-18-14-10-6-2)67-89-93(82,83)87-63-68(75)62-86-92(80,81)88-66-69(64-84-71(76)58-54-50-16-12-8-4)90-73(78)60-56-52-48-45-41-25-22-19-15-11-7-3/h68-70,75H,5-67H2,1-4H3,(H,80,81)(H,82,83)/t68-,69+,70+/m0/s1. The largest absolute Gasteiger partial charge is 0.472 e. The van der Waals surface area contributed by atoms with Crippen LogP contribution in [0.4, 0.5) is 0 Å². The summed E-state index contributed by atoms with van der Waals surface area (Å²) >= 11 is 0. The molecule has 19 heteroatoms. The van der Waals surface area contributed by atoms with E-state index in [0.717, 1.165) is 96.3 Å². The Bertz CT molecular complexity index is 1770. The van der Waals surface area contributed by atoms with E-state index in [9.17, 15) is 43.2 Å². The maximum absolute atomic E-state index is 13.1. The van der Waals surface area contributed by atoms with E-state index in [1.807, 2.05) is 0 Å². The van der Waals surface area contributed by atoms with E-state index >= 15 is 0 Å². The summed E-state index contributed by atoms with van der Waals surface area (Å²) in [6, 6.07) is 0. The van der Waals surface area contributed by atoms with Crippen LogP contribution in [0.3, 0.4) is 0 Å². The van der Waals surface area contributed by atoms with E-state index in [1.54, 1.807) is 0 Å². The molecule has 0 spiro atoms. The highest BCUT2D eigenvalue weighted by molar-refractivity contribution is 7.47. The van der Waals surface area contributed by atoms with Crippen molar-refractivity contribution < 1.29 is 80.2 Å². The zero-order valence-electron chi connectivity index (χ0n) is 60.2. The Balaban J connectivity index is 5.12. The lowest BCUT2D eigenvalue weighted by molar-refractivity contribution is -0.161. The minimum atomic E-state index is -4.95. The molecule has 3 N–H and O–H groups in total. The molecule has 0 aromatic heterocycles. The number of ether oxygens (including phenoxy) is 4.